The van der Waals surface area contributed by atoms with Crippen molar-refractivity contribution in [3.8, 4) is 11.5 Å². The third kappa shape index (κ3) is 3.43. The minimum Gasteiger partial charge on any atom is -0.493 e. The van der Waals surface area contributed by atoms with E-state index >= 15 is 0 Å². The number of hydrogen-bond acceptors (Lipinski definition) is 7. The summed E-state index contributed by atoms with van der Waals surface area (Å²) in [6.07, 6.45) is 1.52. The molecule has 2 aromatic heterocycles. The van der Waals surface area contributed by atoms with Crippen LogP contribution in [-0.2, 0) is 4.79 Å². The Kier molecular flexibility index (Phi) is 4.62. The van der Waals surface area contributed by atoms with E-state index in [1.54, 1.807) is 31.2 Å². The van der Waals surface area contributed by atoms with Crippen molar-refractivity contribution in [3.63, 3.8) is 0 Å². The first kappa shape index (κ1) is 16.8. The van der Waals surface area contributed by atoms with E-state index in [2.05, 4.69) is 10.1 Å². The van der Waals surface area contributed by atoms with Gasteiger partial charge in [-0.05, 0) is 42.1 Å². The number of benzene rings is 1. The number of nitrogens with zero attached hydrogens (tertiary/aromatic N) is 3. The quantitative estimate of drug-likeness (QED) is 0.407. The van der Waals surface area contributed by atoms with E-state index in [9.17, 15) is 9.59 Å². The highest BCUT2D eigenvalue weighted by atomic mass is 32.1. The normalized spacial score (nSPS) is 11.2. The molecule has 1 aromatic carbocycles. The molecule has 7 nitrogen and oxygen atoms in total. The zero-order valence-electron chi connectivity index (χ0n) is 13.8. The van der Waals surface area contributed by atoms with Crippen LogP contribution in [0.2, 0.25) is 0 Å². The molecule has 0 bridgehead atoms. The lowest BCUT2D eigenvalue weighted by molar-refractivity contribution is -0.132. The van der Waals surface area contributed by atoms with Gasteiger partial charge in [0.05, 0.1) is 18.7 Å². The van der Waals surface area contributed by atoms with Gasteiger partial charge in [0.1, 0.15) is 10.7 Å². The Labute approximate surface area is 147 Å². The van der Waals surface area contributed by atoms with Gasteiger partial charge in [0, 0.05) is 6.92 Å². The minimum absolute atomic E-state index is 0.219. The van der Waals surface area contributed by atoms with E-state index in [1.807, 2.05) is 5.38 Å². The Balaban J connectivity index is 1.97. The van der Waals surface area contributed by atoms with E-state index in [-0.39, 0.29) is 5.56 Å². The van der Waals surface area contributed by atoms with Crippen molar-refractivity contribution < 1.29 is 14.3 Å². The number of rotatable bonds is 4. The number of fused-ring (bicyclic) bond motifs is 1. The Morgan fingerprint density at radius 1 is 1.32 bits per heavy atom. The summed E-state index contributed by atoms with van der Waals surface area (Å²) in [6, 6.07) is 6.72. The third-order valence-corrected chi connectivity index (χ3v) is 4.21. The zero-order chi connectivity index (χ0) is 18.0. The molecule has 0 atom stereocenters. The van der Waals surface area contributed by atoms with E-state index < -0.39 is 5.97 Å². The summed E-state index contributed by atoms with van der Waals surface area (Å²) in [5.74, 6) is 0.785. The lowest BCUT2D eigenvalue weighted by Crippen LogP contribution is -2.19. The summed E-state index contributed by atoms with van der Waals surface area (Å²) in [5.41, 5.74) is 0.466. The van der Waals surface area contributed by atoms with E-state index in [0.717, 1.165) is 0 Å². The van der Waals surface area contributed by atoms with Gasteiger partial charge < -0.3 is 9.47 Å². The molecule has 0 saturated heterocycles. The van der Waals surface area contributed by atoms with Gasteiger partial charge in [-0.3, -0.25) is 9.59 Å². The lowest BCUT2D eigenvalue weighted by atomic mass is 10.2. The number of esters is 1. The van der Waals surface area contributed by atoms with E-state index in [4.69, 9.17) is 9.47 Å². The number of hydrogen-bond donors (Lipinski definition) is 0. The second-order valence-electron chi connectivity index (χ2n) is 5.16. The largest absolute Gasteiger partial charge is 0.493 e. The second kappa shape index (κ2) is 6.86. The fraction of sp³-hybridized carbons (Fsp3) is 0.176. The first-order chi connectivity index (χ1) is 12.0. The highest BCUT2D eigenvalue weighted by Gasteiger charge is 2.09. The van der Waals surface area contributed by atoms with Gasteiger partial charge in [0.15, 0.2) is 11.5 Å². The van der Waals surface area contributed by atoms with Crippen LogP contribution in [0.15, 0.2) is 39.5 Å². The summed E-state index contributed by atoms with van der Waals surface area (Å²) in [7, 11) is 1.48. The first-order valence-electron chi connectivity index (χ1n) is 7.37. The smallest absolute Gasteiger partial charge is 0.308 e. The van der Waals surface area contributed by atoms with Gasteiger partial charge in [-0.25, -0.2) is 4.98 Å². The van der Waals surface area contributed by atoms with Crippen LogP contribution in [0.3, 0.4) is 0 Å². The van der Waals surface area contributed by atoms with Crippen molar-refractivity contribution >= 4 is 33.7 Å². The number of methoxy groups -OCH3 is 1. The van der Waals surface area contributed by atoms with Crippen molar-refractivity contribution in [1.82, 2.24) is 9.66 Å². The Hall–Kier alpha value is -3.00. The molecule has 0 aliphatic heterocycles. The molecular weight excluding hydrogens is 342 g/mol. The molecule has 0 radical (unpaired) electrons. The summed E-state index contributed by atoms with van der Waals surface area (Å²) in [4.78, 5) is 28.6. The highest BCUT2D eigenvalue weighted by molar-refractivity contribution is 7.16. The van der Waals surface area contributed by atoms with Crippen molar-refractivity contribution in [2.45, 2.75) is 13.8 Å². The number of aryl methyl sites for hydroxylation is 1. The summed E-state index contributed by atoms with van der Waals surface area (Å²) >= 11 is 1.42. The zero-order valence-corrected chi connectivity index (χ0v) is 14.7. The van der Waals surface area contributed by atoms with Crippen LogP contribution in [0.5, 0.6) is 11.5 Å². The van der Waals surface area contributed by atoms with Gasteiger partial charge in [-0.2, -0.15) is 9.78 Å². The maximum absolute atomic E-state index is 12.5. The number of carbonyl (C=O) groups excluding carboxylic acids is 1. The Bertz CT molecular complexity index is 1040. The number of aromatic nitrogens is 2. The van der Waals surface area contributed by atoms with E-state index in [1.165, 1.54) is 36.3 Å². The van der Waals surface area contributed by atoms with Crippen molar-refractivity contribution in [3.05, 3.63) is 51.4 Å². The van der Waals surface area contributed by atoms with Gasteiger partial charge in [-0.15, -0.1) is 11.3 Å². The summed E-state index contributed by atoms with van der Waals surface area (Å²) in [5, 5.41) is 6.59. The molecule has 2 heterocycles. The topological polar surface area (TPSA) is 82.8 Å². The van der Waals surface area contributed by atoms with Gasteiger partial charge in [0.25, 0.3) is 5.56 Å². The average molecular weight is 357 g/mol. The first-order valence-corrected chi connectivity index (χ1v) is 8.25. The molecule has 128 valence electrons. The molecule has 0 aliphatic rings. The van der Waals surface area contributed by atoms with Gasteiger partial charge in [0.2, 0.25) is 0 Å². The van der Waals surface area contributed by atoms with Crippen LogP contribution in [0.4, 0.5) is 0 Å². The summed E-state index contributed by atoms with van der Waals surface area (Å²) < 4.78 is 11.5. The highest BCUT2D eigenvalue weighted by Crippen LogP contribution is 2.27. The van der Waals surface area contributed by atoms with Crippen LogP contribution >= 0.6 is 11.3 Å². The predicted molar refractivity (Wildman–Crippen MR) is 95.9 cm³/mol. The molecular formula is C17H15N3O4S. The van der Waals surface area contributed by atoms with Gasteiger partial charge in [-0.1, -0.05) is 0 Å². The molecule has 0 aliphatic carbocycles. The van der Waals surface area contributed by atoms with Gasteiger partial charge >= 0.3 is 5.97 Å². The molecule has 0 spiro atoms. The second-order valence-corrected chi connectivity index (χ2v) is 6.06. The monoisotopic (exact) mass is 357 g/mol. The van der Waals surface area contributed by atoms with Crippen molar-refractivity contribution in [1.29, 1.82) is 0 Å². The van der Waals surface area contributed by atoms with Crippen molar-refractivity contribution in [2.24, 2.45) is 5.10 Å². The maximum atomic E-state index is 12.5. The number of ether oxygens (including phenoxy) is 2. The van der Waals surface area contributed by atoms with Crippen LogP contribution in [0.25, 0.3) is 10.2 Å². The molecule has 3 aromatic rings. The van der Waals surface area contributed by atoms with Crippen LogP contribution in [-0.4, -0.2) is 29.0 Å². The number of thiophene rings is 1. The third-order valence-electron chi connectivity index (χ3n) is 3.40. The fourth-order valence-corrected chi connectivity index (χ4v) is 3.07. The lowest BCUT2D eigenvalue weighted by Gasteiger charge is -2.08. The Morgan fingerprint density at radius 3 is 2.84 bits per heavy atom. The fourth-order valence-electron chi connectivity index (χ4n) is 2.27. The molecule has 3 rings (SSSR count). The summed E-state index contributed by atoms with van der Waals surface area (Å²) in [6.45, 7) is 3.04. The van der Waals surface area contributed by atoms with Crippen molar-refractivity contribution in [2.75, 3.05) is 7.11 Å². The molecule has 8 heteroatoms. The van der Waals surface area contributed by atoms with E-state index in [0.29, 0.717) is 33.1 Å². The minimum atomic E-state index is -0.433. The predicted octanol–water partition coefficient (Wildman–Crippen LogP) is 2.58. The molecule has 0 amide bonds. The Morgan fingerprint density at radius 2 is 2.12 bits per heavy atom. The SMILES string of the molecule is COc1cc(C=Nn2c(C)nc3sccc3c2=O)ccc1OC(C)=O. The molecule has 0 N–H and O–H groups in total. The standard InChI is InChI=1S/C17H15N3O4S/c1-10-19-16-13(6-7-25-16)17(22)20(10)18-9-12-4-5-14(24-11(2)21)15(8-12)23-3/h4-9H,1-3H3. The molecule has 0 fully saturated rings. The number of carbonyl (C=O) groups is 1. The maximum Gasteiger partial charge on any atom is 0.308 e. The molecule has 0 unspecified atom stereocenters. The van der Waals surface area contributed by atoms with Crippen LogP contribution in [0, 0.1) is 6.92 Å². The molecule has 25 heavy (non-hydrogen) atoms. The average Bonchev–Trinajstić information content (AvgIpc) is 3.03. The molecule has 0 saturated carbocycles. The van der Waals surface area contributed by atoms with Crippen LogP contribution in [0.1, 0.15) is 18.3 Å². The van der Waals surface area contributed by atoms with Crippen LogP contribution < -0.4 is 15.0 Å².